The van der Waals surface area contributed by atoms with Crippen LogP contribution in [-0.2, 0) is 0 Å². The van der Waals surface area contributed by atoms with E-state index in [1.54, 1.807) is 0 Å². The van der Waals surface area contributed by atoms with Crippen molar-refractivity contribution in [2.45, 2.75) is 66.3 Å². The van der Waals surface area contributed by atoms with Crippen molar-refractivity contribution in [3.05, 3.63) is 0 Å². The summed E-state index contributed by atoms with van der Waals surface area (Å²) >= 11 is 0. The predicted molar refractivity (Wildman–Crippen MR) is 76.1 cm³/mol. The van der Waals surface area contributed by atoms with E-state index in [0.717, 1.165) is 6.54 Å². The SMILES string of the molecule is CCC1(CC)CCN(CC(C)(C)C(C)(C)N)C1. The van der Waals surface area contributed by atoms with Gasteiger partial charge in [0.25, 0.3) is 0 Å². The lowest BCUT2D eigenvalue weighted by Gasteiger charge is -2.41. The molecule has 0 amide bonds. The van der Waals surface area contributed by atoms with E-state index in [2.05, 4.69) is 46.4 Å². The van der Waals surface area contributed by atoms with Crippen molar-refractivity contribution in [3.63, 3.8) is 0 Å². The number of hydrogen-bond donors (Lipinski definition) is 1. The molecule has 1 aliphatic rings. The standard InChI is InChI=1S/C15H32N2/c1-7-15(8-2)9-10-17(12-15)11-13(3,4)14(5,6)16/h7-12,16H2,1-6H3. The van der Waals surface area contributed by atoms with Crippen molar-refractivity contribution in [1.82, 2.24) is 4.90 Å². The van der Waals surface area contributed by atoms with E-state index in [-0.39, 0.29) is 11.0 Å². The Morgan fingerprint density at radius 3 is 2.00 bits per heavy atom. The first-order chi connectivity index (χ1) is 7.66. The van der Waals surface area contributed by atoms with E-state index in [1.807, 2.05) is 0 Å². The molecule has 1 saturated heterocycles. The van der Waals surface area contributed by atoms with Crippen molar-refractivity contribution in [1.29, 1.82) is 0 Å². The molecule has 0 bridgehead atoms. The molecule has 2 heteroatoms. The second-order valence-corrected chi connectivity index (χ2v) is 7.27. The molecule has 0 spiro atoms. The third kappa shape index (κ3) is 3.23. The number of likely N-dealkylation sites (tertiary alicyclic amines) is 1. The second kappa shape index (κ2) is 4.89. The Morgan fingerprint density at radius 1 is 1.12 bits per heavy atom. The van der Waals surface area contributed by atoms with Gasteiger partial charge in [-0.2, -0.15) is 0 Å². The van der Waals surface area contributed by atoms with Crippen LogP contribution in [0.1, 0.15) is 60.8 Å². The molecule has 0 aromatic heterocycles. The van der Waals surface area contributed by atoms with E-state index < -0.39 is 0 Å². The Labute approximate surface area is 108 Å². The summed E-state index contributed by atoms with van der Waals surface area (Å²) in [5, 5.41) is 0. The molecule has 1 heterocycles. The summed E-state index contributed by atoms with van der Waals surface area (Å²) in [4.78, 5) is 2.63. The van der Waals surface area contributed by atoms with Crippen LogP contribution >= 0.6 is 0 Å². The van der Waals surface area contributed by atoms with Gasteiger partial charge in [-0.3, -0.25) is 0 Å². The van der Waals surface area contributed by atoms with Gasteiger partial charge in [-0.15, -0.1) is 0 Å². The van der Waals surface area contributed by atoms with Crippen LogP contribution in [0.15, 0.2) is 0 Å². The smallest absolute Gasteiger partial charge is 0.0161 e. The van der Waals surface area contributed by atoms with Crippen molar-refractivity contribution < 1.29 is 0 Å². The minimum absolute atomic E-state index is 0.114. The van der Waals surface area contributed by atoms with Crippen molar-refractivity contribution in [3.8, 4) is 0 Å². The maximum atomic E-state index is 6.30. The molecule has 0 radical (unpaired) electrons. The lowest BCUT2D eigenvalue weighted by Crippen LogP contribution is -2.52. The quantitative estimate of drug-likeness (QED) is 0.799. The molecule has 0 saturated carbocycles. The highest BCUT2D eigenvalue weighted by Gasteiger charge is 2.40. The summed E-state index contributed by atoms with van der Waals surface area (Å²) in [5.41, 5.74) is 6.93. The highest BCUT2D eigenvalue weighted by molar-refractivity contribution is 4.96. The van der Waals surface area contributed by atoms with Crippen LogP contribution < -0.4 is 5.73 Å². The lowest BCUT2D eigenvalue weighted by molar-refractivity contribution is 0.118. The highest BCUT2D eigenvalue weighted by Crippen LogP contribution is 2.39. The van der Waals surface area contributed by atoms with Gasteiger partial charge in [0, 0.05) is 18.6 Å². The fourth-order valence-corrected chi connectivity index (χ4v) is 2.75. The summed E-state index contributed by atoms with van der Waals surface area (Å²) in [6, 6.07) is 0. The first kappa shape index (κ1) is 15.0. The predicted octanol–water partition coefficient (Wildman–Crippen LogP) is 3.26. The summed E-state index contributed by atoms with van der Waals surface area (Å²) in [6.45, 7) is 17.2. The van der Waals surface area contributed by atoms with Crippen molar-refractivity contribution in [2.75, 3.05) is 19.6 Å². The summed E-state index contributed by atoms with van der Waals surface area (Å²) in [5.74, 6) is 0. The normalized spacial score (nSPS) is 22.1. The molecule has 102 valence electrons. The molecule has 17 heavy (non-hydrogen) atoms. The maximum absolute atomic E-state index is 6.30. The monoisotopic (exact) mass is 240 g/mol. The molecule has 2 nitrogen and oxygen atoms in total. The van der Waals surface area contributed by atoms with E-state index in [0.29, 0.717) is 5.41 Å². The number of nitrogens with two attached hydrogens (primary N) is 1. The van der Waals surface area contributed by atoms with Gasteiger partial charge in [0.1, 0.15) is 0 Å². The molecule has 1 rings (SSSR count). The van der Waals surface area contributed by atoms with Crippen LogP contribution in [0, 0.1) is 10.8 Å². The molecule has 0 unspecified atom stereocenters. The Kier molecular flexibility index (Phi) is 4.31. The van der Waals surface area contributed by atoms with Crippen LogP contribution in [0.3, 0.4) is 0 Å². The largest absolute Gasteiger partial charge is 0.325 e. The zero-order chi connectivity index (χ0) is 13.3. The fraction of sp³-hybridized carbons (Fsp3) is 1.00. The van der Waals surface area contributed by atoms with E-state index in [1.165, 1.54) is 32.4 Å². The second-order valence-electron chi connectivity index (χ2n) is 7.27. The fourth-order valence-electron chi connectivity index (χ4n) is 2.75. The molecule has 2 N–H and O–H groups in total. The molecule has 0 aliphatic carbocycles. The molecule has 1 fully saturated rings. The molecule has 1 aliphatic heterocycles. The van der Waals surface area contributed by atoms with Crippen molar-refractivity contribution in [2.24, 2.45) is 16.6 Å². The van der Waals surface area contributed by atoms with Gasteiger partial charge in [-0.05, 0) is 50.5 Å². The molecular weight excluding hydrogens is 208 g/mol. The van der Waals surface area contributed by atoms with E-state index in [4.69, 9.17) is 5.73 Å². The molecule has 0 aromatic rings. The summed E-state index contributed by atoms with van der Waals surface area (Å²) in [7, 11) is 0. The Hall–Kier alpha value is -0.0800. The maximum Gasteiger partial charge on any atom is 0.0161 e. The zero-order valence-corrected chi connectivity index (χ0v) is 12.8. The first-order valence-corrected chi connectivity index (χ1v) is 7.17. The zero-order valence-electron chi connectivity index (χ0n) is 12.8. The van der Waals surface area contributed by atoms with Gasteiger partial charge in [0.2, 0.25) is 0 Å². The van der Waals surface area contributed by atoms with Gasteiger partial charge < -0.3 is 10.6 Å². The van der Waals surface area contributed by atoms with Gasteiger partial charge >= 0.3 is 0 Å². The van der Waals surface area contributed by atoms with Crippen LogP contribution in [0.5, 0.6) is 0 Å². The summed E-state index contributed by atoms with van der Waals surface area (Å²) in [6.07, 6.45) is 3.99. The minimum atomic E-state index is -0.114. The Balaban J connectivity index is 2.62. The molecule has 0 aromatic carbocycles. The van der Waals surface area contributed by atoms with Gasteiger partial charge in [-0.25, -0.2) is 0 Å². The van der Waals surface area contributed by atoms with E-state index >= 15 is 0 Å². The number of hydrogen-bond acceptors (Lipinski definition) is 2. The molecule has 0 atom stereocenters. The van der Waals surface area contributed by atoms with Gasteiger partial charge in [-0.1, -0.05) is 27.7 Å². The van der Waals surface area contributed by atoms with Gasteiger partial charge in [0.05, 0.1) is 0 Å². The first-order valence-electron chi connectivity index (χ1n) is 7.17. The van der Waals surface area contributed by atoms with Crippen LogP contribution in [0.2, 0.25) is 0 Å². The Morgan fingerprint density at radius 2 is 1.65 bits per heavy atom. The van der Waals surface area contributed by atoms with Crippen molar-refractivity contribution >= 4 is 0 Å². The van der Waals surface area contributed by atoms with Crippen LogP contribution in [-0.4, -0.2) is 30.1 Å². The number of rotatable bonds is 5. The van der Waals surface area contributed by atoms with Crippen LogP contribution in [0.4, 0.5) is 0 Å². The third-order valence-electron chi connectivity index (χ3n) is 5.38. The average molecular weight is 240 g/mol. The third-order valence-corrected chi connectivity index (χ3v) is 5.38. The topological polar surface area (TPSA) is 29.3 Å². The number of nitrogens with zero attached hydrogens (tertiary/aromatic N) is 1. The van der Waals surface area contributed by atoms with Crippen LogP contribution in [0.25, 0.3) is 0 Å². The molecular formula is C15H32N2. The summed E-state index contributed by atoms with van der Waals surface area (Å²) < 4.78 is 0. The minimum Gasteiger partial charge on any atom is -0.325 e. The lowest BCUT2D eigenvalue weighted by atomic mass is 9.75. The van der Waals surface area contributed by atoms with Gasteiger partial charge in [0.15, 0.2) is 0 Å². The Bertz CT molecular complexity index is 246. The van der Waals surface area contributed by atoms with E-state index in [9.17, 15) is 0 Å². The highest BCUT2D eigenvalue weighted by atomic mass is 15.2. The average Bonchev–Trinajstić information content (AvgIpc) is 2.60.